The van der Waals surface area contributed by atoms with Crippen LogP contribution in [0.15, 0.2) is 18.2 Å². The van der Waals surface area contributed by atoms with Crippen molar-refractivity contribution in [3.63, 3.8) is 0 Å². The highest BCUT2D eigenvalue weighted by molar-refractivity contribution is 6.35. The number of hydrogen-bond donors (Lipinski definition) is 2. The van der Waals surface area contributed by atoms with Gasteiger partial charge in [-0.2, -0.15) is 0 Å². The number of ether oxygens (including phenoxy) is 1. The molecule has 9 heteroatoms. The minimum atomic E-state index is -0.735. The highest BCUT2D eigenvalue weighted by Gasteiger charge is 2.33. The van der Waals surface area contributed by atoms with Crippen LogP contribution in [0.1, 0.15) is 26.2 Å². The number of anilines is 1. The Morgan fingerprint density at radius 2 is 2.00 bits per heavy atom. The second-order valence-electron chi connectivity index (χ2n) is 6.26. The summed E-state index contributed by atoms with van der Waals surface area (Å²) < 4.78 is 5.13. The fraction of sp³-hybridized carbons (Fsp3) is 0.500. The van der Waals surface area contributed by atoms with E-state index < -0.39 is 12.0 Å². The van der Waals surface area contributed by atoms with Crippen LogP contribution in [0, 0.1) is 0 Å². The summed E-state index contributed by atoms with van der Waals surface area (Å²) in [5.41, 5.74) is 0.467. The molecule has 0 bridgehead atoms. The Morgan fingerprint density at radius 1 is 1.30 bits per heavy atom. The number of nitrogens with zero attached hydrogens (tertiary/aromatic N) is 1. The van der Waals surface area contributed by atoms with Crippen molar-refractivity contribution in [3.05, 3.63) is 28.2 Å². The predicted octanol–water partition coefficient (Wildman–Crippen LogP) is 2.47. The quantitative estimate of drug-likeness (QED) is 0.502. The number of piperazine rings is 1. The first-order valence-electron chi connectivity index (χ1n) is 8.82. The van der Waals surface area contributed by atoms with E-state index >= 15 is 0 Å². The molecule has 2 N–H and O–H groups in total. The van der Waals surface area contributed by atoms with E-state index in [0.717, 1.165) is 12.8 Å². The van der Waals surface area contributed by atoms with Gasteiger partial charge in [0.2, 0.25) is 11.8 Å². The first-order chi connectivity index (χ1) is 12.9. The third-order valence-corrected chi connectivity index (χ3v) is 4.49. The van der Waals surface area contributed by atoms with Crippen molar-refractivity contribution in [2.75, 3.05) is 31.6 Å². The van der Waals surface area contributed by atoms with Gasteiger partial charge in [-0.1, -0.05) is 36.5 Å². The average molecular weight is 416 g/mol. The fourth-order valence-electron chi connectivity index (χ4n) is 2.73. The maximum Gasteiger partial charge on any atom is 0.307 e. The number of rotatable bonds is 8. The predicted molar refractivity (Wildman–Crippen MR) is 104 cm³/mol. The molecule has 1 saturated heterocycles. The first kappa shape index (κ1) is 21.5. The summed E-state index contributed by atoms with van der Waals surface area (Å²) in [6.45, 7) is 3.17. The van der Waals surface area contributed by atoms with Gasteiger partial charge in [0, 0.05) is 28.8 Å². The summed E-state index contributed by atoms with van der Waals surface area (Å²) in [4.78, 5) is 38.2. The van der Waals surface area contributed by atoms with Gasteiger partial charge in [0.1, 0.15) is 6.04 Å². The Kier molecular flexibility index (Phi) is 8.34. The third-order valence-electron chi connectivity index (χ3n) is 4.06. The lowest BCUT2D eigenvalue weighted by atomic mass is 10.1. The number of benzene rings is 1. The molecule has 1 aliphatic heterocycles. The van der Waals surface area contributed by atoms with E-state index in [1.165, 1.54) is 0 Å². The van der Waals surface area contributed by atoms with Gasteiger partial charge < -0.3 is 15.4 Å². The zero-order valence-corrected chi connectivity index (χ0v) is 16.6. The SMILES string of the molecule is CCCCOC(=O)CC1C(=O)NCCN1CC(=O)Nc1cc(Cl)cc(Cl)c1. The number of carbonyl (C=O) groups excluding carboxylic acids is 3. The number of unbranched alkanes of at least 4 members (excludes halogenated alkanes) is 1. The van der Waals surface area contributed by atoms with E-state index in [-0.39, 0.29) is 24.8 Å². The summed E-state index contributed by atoms with van der Waals surface area (Å²) in [6.07, 6.45) is 1.60. The lowest BCUT2D eigenvalue weighted by Crippen LogP contribution is -2.57. The van der Waals surface area contributed by atoms with E-state index in [4.69, 9.17) is 27.9 Å². The van der Waals surface area contributed by atoms with Crippen molar-refractivity contribution in [1.82, 2.24) is 10.2 Å². The van der Waals surface area contributed by atoms with Crippen LogP contribution >= 0.6 is 23.2 Å². The molecule has 0 aromatic heterocycles. The third kappa shape index (κ3) is 7.01. The van der Waals surface area contributed by atoms with Crippen LogP contribution in [0.5, 0.6) is 0 Å². The molecule has 1 fully saturated rings. The topological polar surface area (TPSA) is 87.7 Å². The highest BCUT2D eigenvalue weighted by atomic mass is 35.5. The van der Waals surface area contributed by atoms with Crippen molar-refractivity contribution in [1.29, 1.82) is 0 Å². The van der Waals surface area contributed by atoms with Crippen molar-refractivity contribution < 1.29 is 19.1 Å². The van der Waals surface area contributed by atoms with E-state index in [0.29, 0.717) is 35.4 Å². The van der Waals surface area contributed by atoms with E-state index in [9.17, 15) is 14.4 Å². The Labute approximate surface area is 168 Å². The molecule has 1 aromatic carbocycles. The standard InChI is InChI=1S/C18H23Cl2N3O4/c1-2-3-6-27-17(25)10-15-18(26)21-4-5-23(15)11-16(24)22-14-8-12(19)7-13(20)9-14/h7-9,15H,2-6,10-11H2,1H3,(H,21,26)(H,22,24). The zero-order chi connectivity index (χ0) is 19.8. The van der Waals surface area contributed by atoms with Gasteiger partial charge in [-0.15, -0.1) is 0 Å². The van der Waals surface area contributed by atoms with Gasteiger partial charge in [0.15, 0.2) is 0 Å². The molecule has 1 heterocycles. The summed E-state index contributed by atoms with van der Waals surface area (Å²) in [6, 6.07) is 3.99. The van der Waals surface area contributed by atoms with E-state index in [2.05, 4.69) is 10.6 Å². The molecule has 1 aliphatic rings. The van der Waals surface area contributed by atoms with Crippen LogP contribution in [0.4, 0.5) is 5.69 Å². The molecule has 1 atom stereocenters. The lowest BCUT2D eigenvalue weighted by molar-refractivity contribution is -0.149. The molecule has 0 aliphatic carbocycles. The van der Waals surface area contributed by atoms with Crippen molar-refractivity contribution in [2.24, 2.45) is 0 Å². The summed E-state index contributed by atoms with van der Waals surface area (Å²) in [7, 11) is 0. The molecule has 1 unspecified atom stereocenters. The average Bonchev–Trinajstić information content (AvgIpc) is 2.57. The Balaban J connectivity index is 1.95. The van der Waals surface area contributed by atoms with Crippen molar-refractivity contribution in [3.8, 4) is 0 Å². The van der Waals surface area contributed by atoms with Crippen molar-refractivity contribution >= 4 is 46.7 Å². The Morgan fingerprint density at radius 3 is 2.67 bits per heavy atom. The maximum atomic E-state index is 12.4. The summed E-state index contributed by atoms with van der Waals surface area (Å²) >= 11 is 11.9. The molecule has 27 heavy (non-hydrogen) atoms. The number of amides is 2. The van der Waals surface area contributed by atoms with Gasteiger partial charge in [-0.25, -0.2) is 0 Å². The minimum absolute atomic E-state index is 0.0372. The largest absolute Gasteiger partial charge is 0.466 e. The number of esters is 1. The molecule has 2 amide bonds. The molecular weight excluding hydrogens is 393 g/mol. The van der Waals surface area contributed by atoms with Crippen LogP contribution in [0.25, 0.3) is 0 Å². The van der Waals surface area contributed by atoms with Gasteiger partial charge in [-0.05, 0) is 24.6 Å². The molecule has 0 saturated carbocycles. The monoisotopic (exact) mass is 415 g/mol. The lowest BCUT2D eigenvalue weighted by Gasteiger charge is -2.33. The van der Waals surface area contributed by atoms with Gasteiger partial charge in [0.05, 0.1) is 19.6 Å². The normalized spacial score (nSPS) is 17.3. The molecule has 1 aromatic rings. The van der Waals surface area contributed by atoms with E-state index in [1.807, 2.05) is 6.92 Å². The van der Waals surface area contributed by atoms with Gasteiger partial charge in [-0.3, -0.25) is 19.3 Å². The second-order valence-corrected chi connectivity index (χ2v) is 7.13. The van der Waals surface area contributed by atoms with Crippen LogP contribution in [-0.2, 0) is 19.1 Å². The molecule has 0 radical (unpaired) electrons. The van der Waals surface area contributed by atoms with E-state index in [1.54, 1.807) is 23.1 Å². The number of halogens is 2. The molecule has 2 rings (SSSR count). The van der Waals surface area contributed by atoms with Crippen LogP contribution in [0.2, 0.25) is 10.0 Å². The van der Waals surface area contributed by atoms with Crippen molar-refractivity contribution in [2.45, 2.75) is 32.2 Å². The molecule has 148 valence electrons. The molecule has 0 spiro atoms. The number of hydrogen-bond acceptors (Lipinski definition) is 5. The fourth-order valence-corrected chi connectivity index (χ4v) is 3.26. The first-order valence-corrected chi connectivity index (χ1v) is 9.58. The second kappa shape index (κ2) is 10.5. The summed E-state index contributed by atoms with van der Waals surface area (Å²) in [5, 5.41) is 6.23. The van der Waals surface area contributed by atoms with Gasteiger partial charge in [0.25, 0.3) is 0 Å². The highest BCUT2D eigenvalue weighted by Crippen LogP contribution is 2.22. The molecule has 7 nitrogen and oxygen atoms in total. The smallest absolute Gasteiger partial charge is 0.307 e. The number of carbonyl (C=O) groups is 3. The van der Waals surface area contributed by atoms with Crippen LogP contribution < -0.4 is 10.6 Å². The minimum Gasteiger partial charge on any atom is -0.466 e. The summed E-state index contributed by atoms with van der Waals surface area (Å²) in [5.74, 6) is -1.06. The number of nitrogens with one attached hydrogen (secondary N) is 2. The van der Waals surface area contributed by atoms with Crippen LogP contribution in [-0.4, -0.2) is 55.0 Å². The zero-order valence-electron chi connectivity index (χ0n) is 15.1. The Hall–Kier alpha value is -1.83. The maximum absolute atomic E-state index is 12.4. The molecular formula is C18H23Cl2N3O4. The van der Waals surface area contributed by atoms with Crippen LogP contribution in [0.3, 0.4) is 0 Å². The van der Waals surface area contributed by atoms with Gasteiger partial charge >= 0.3 is 5.97 Å². The Bertz CT molecular complexity index is 679.